The van der Waals surface area contributed by atoms with Gasteiger partial charge in [0.25, 0.3) is 11.8 Å². The summed E-state index contributed by atoms with van der Waals surface area (Å²) in [5.41, 5.74) is 4.08. The van der Waals surface area contributed by atoms with E-state index in [-0.39, 0.29) is 18.0 Å². The van der Waals surface area contributed by atoms with Crippen LogP contribution in [0.4, 0.5) is 5.69 Å². The number of aliphatic hydroxyl groups is 1. The van der Waals surface area contributed by atoms with Crippen molar-refractivity contribution in [3.8, 4) is 11.1 Å². The summed E-state index contributed by atoms with van der Waals surface area (Å²) in [7, 11) is 0. The number of halogens is 1. The molecule has 166 valence electrons. The maximum atomic E-state index is 12.3. The highest BCUT2D eigenvalue weighted by Crippen LogP contribution is 2.22. The van der Waals surface area contributed by atoms with E-state index in [1.54, 1.807) is 36.4 Å². The molecule has 0 aliphatic rings. The third-order valence-electron chi connectivity index (χ3n) is 4.37. The molecule has 31 heavy (non-hydrogen) atoms. The van der Waals surface area contributed by atoms with Crippen LogP contribution in [-0.2, 0) is 9.59 Å². The van der Waals surface area contributed by atoms with E-state index >= 15 is 0 Å². The van der Waals surface area contributed by atoms with Gasteiger partial charge in [0.2, 0.25) is 5.91 Å². The number of rotatable bonds is 10. The Bertz CT molecular complexity index is 888. The van der Waals surface area contributed by atoms with Crippen LogP contribution in [0.25, 0.3) is 11.1 Å². The summed E-state index contributed by atoms with van der Waals surface area (Å²) in [6, 6.07) is 12.6. The van der Waals surface area contributed by atoms with Crippen LogP contribution >= 0.6 is 11.6 Å². The fourth-order valence-corrected chi connectivity index (χ4v) is 2.87. The largest absolute Gasteiger partial charge is 0.391 e. The van der Waals surface area contributed by atoms with Gasteiger partial charge in [0, 0.05) is 23.7 Å². The maximum absolute atomic E-state index is 12.3. The highest BCUT2D eigenvalue weighted by molar-refractivity contribution is 6.18. The number of anilines is 1. The number of hydrogen-bond acceptors (Lipinski definition) is 6. The summed E-state index contributed by atoms with van der Waals surface area (Å²) in [5, 5.41) is 26.4. The fourth-order valence-electron chi connectivity index (χ4n) is 2.73. The molecule has 6 N–H and O–H groups in total. The van der Waals surface area contributed by atoms with Gasteiger partial charge < -0.3 is 21.1 Å². The number of carbonyl (C=O) groups is 3. The first-order chi connectivity index (χ1) is 14.8. The zero-order chi connectivity index (χ0) is 22.8. The Balaban J connectivity index is 2.00. The zero-order valence-electron chi connectivity index (χ0n) is 16.9. The van der Waals surface area contributed by atoms with E-state index in [1.807, 2.05) is 12.1 Å². The molecule has 0 fully saturated rings. The molecule has 2 rings (SSSR count). The van der Waals surface area contributed by atoms with Crippen molar-refractivity contribution in [2.45, 2.75) is 19.1 Å². The van der Waals surface area contributed by atoms with Crippen molar-refractivity contribution in [1.82, 2.24) is 16.1 Å². The lowest BCUT2D eigenvalue weighted by Gasteiger charge is -2.19. The number of benzene rings is 2. The number of amides is 3. The molecule has 9 nitrogen and oxygen atoms in total. The van der Waals surface area contributed by atoms with Gasteiger partial charge in [-0.1, -0.05) is 24.3 Å². The first-order valence-corrected chi connectivity index (χ1v) is 10.1. The average molecular weight is 449 g/mol. The van der Waals surface area contributed by atoms with Crippen molar-refractivity contribution < 1.29 is 24.7 Å². The van der Waals surface area contributed by atoms with Gasteiger partial charge in [0.15, 0.2) is 0 Å². The Morgan fingerprint density at radius 2 is 1.58 bits per heavy atom. The third-order valence-corrected chi connectivity index (χ3v) is 4.56. The SMILES string of the molecule is C[C@@H](O)[C@H](NC(=O)c1ccc(-c2ccc(NC(=O)CNCCCl)cc2)cc1)C(=O)NO. The van der Waals surface area contributed by atoms with E-state index in [9.17, 15) is 19.5 Å². The standard InChI is InChI=1S/C21H25ClN4O5/c1-13(27)19(21(30)26-31)25-20(29)16-4-2-14(3-5-16)15-6-8-17(9-7-15)24-18(28)12-23-11-10-22/h2-9,13,19,23,27,31H,10-12H2,1H3,(H,24,28)(H,25,29)(H,26,30)/t13-,19+/m1/s1. The molecule has 0 aromatic heterocycles. The second-order valence-corrected chi connectivity index (χ2v) is 7.11. The highest BCUT2D eigenvalue weighted by atomic mass is 35.5. The van der Waals surface area contributed by atoms with Gasteiger partial charge in [-0.15, -0.1) is 11.6 Å². The molecular weight excluding hydrogens is 424 g/mol. The summed E-state index contributed by atoms with van der Waals surface area (Å²) in [5.74, 6) is -1.22. The molecule has 0 heterocycles. The van der Waals surface area contributed by atoms with E-state index in [0.717, 1.165) is 11.1 Å². The van der Waals surface area contributed by atoms with Crippen molar-refractivity contribution in [3.63, 3.8) is 0 Å². The first kappa shape index (κ1) is 24.3. The van der Waals surface area contributed by atoms with E-state index in [4.69, 9.17) is 16.8 Å². The first-order valence-electron chi connectivity index (χ1n) is 9.55. The van der Waals surface area contributed by atoms with Crippen molar-refractivity contribution in [2.75, 3.05) is 24.3 Å². The summed E-state index contributed by atoms with van der Waals surface area (Å²) in [6.45, 7) is 2.05. The molecule has 0 spiro atoms. The van der Waals surface area contributed by atoms with E-state index in [2.05, 4.69) is 16.0 Å². The van der Waals surface area contributed by atoms with E-state index in [1.165, 1.54) is 12.4 Å². The predicted octanol–water partition coefficient (Wildman–Crippen LogP) is 1.11. The lowest BCUT2D eigenvalue weighted by Crippen LogP contribution is -2.51. The minimum absolute atomic E-state index is 0.168. The molecule has 2 aromatic rings. The van der Waals surface area contributed by atoms with Gasteiger partial charge in [-0.25, -0.2) is 5.48 Å². The number of carbonyl (C=O) groups excluding carboxylic acids is 3. The van der Waals surface area contributed by atoms with Crippen LogP contribution < -0.4 is 21.4 Å². The van der Waals surface area contributed by atoms with Crippen LogP contribution in [-0.4, -0.2) is 59.2 Å². The molecular formula is C21H25ClN4O5. The lowest BCUT2D eigenvalue weighted by molar-refractivity contribution is -0.133. The van der Waals surface area contributed by atoms with Crippen molar-refractivity contribution in [3.05, 3.63) is 54.1 Å². The van der Waals surface area contributed by atoms with Crippen LogP contribution in [0.2, 0.25) is 0 Å². The van der Waals surface area contributed by atoms with Crippen molar-refractivity contribution in [1.29, 1.82) is 0 Å². The Hall–Kier alpha value is -2.98. The van der Waals surface area contributed by atoms with Gasteiger partial charge in [-0.05, 0) is 42.3 Å². The van der Waals surface area contributed by atoms with Gasteiger partial charge in [0.05, 0.1) is 12.6 Å². The van der Waals surface area contributed by atoms with Crippen LogP contribution in [0.3, 0.4) is 0 Å². The molecule has 10 heteroatoms. The molecule has 0 bridgehead atoms. The van der Waals surface area contributed by atoms with E-state index in [0.29, 0.717) is 18.1 Å². The topological polar surface area (TPSA) is 140 Å². The maximum Gasteiger partial charge on any atom is 0.268 e. The van der Waals surface area contributed by atoms with Crippen molar-refractivity contribution >= 4 is 35.0 Å². The summed E-state index contributed by atoms with van der Waals surface area (Å²) >= 11 is 5.55. The zero-order valence-corrected chi connectivity index (χ0v) is 17.6. The minimum atomic E-state index is -1.29. The third kappa shape index (κ3) is 7.34. The molecule has 0 aliphatic heterocycles. The van der Waals surface area contributed by atoms with Gasteiger partial charge >= 0.3 is 0 Å². The number of hydroxylamine groups is 1. The monoisotopic (exact) mass is 448 g/mol. The summed E-state index contributed by atoms with van der Waals surface area (Å²) in [4.78, 5) is 35.7. The number of nitrogens with one attached hydrogen (secondary N) is 4. The molecule has 0 radical (unpaired) electrons. The number of hydrogen-bond donors (Lipinski definition) is 6. The average Bonchev–Trinajstić information content (AvgIpc) is 2.77. The minimum Gasteiger partial charge on any atom is -0.391 e. The molecule has 2 aromatic carbocycles. The Morgan fingerprint density at radius 1 is 1.00 bits per heavy atom. The molecule has 0 aliphatic carbocycles. The Morgan fingerprint density at radius 3 is 2.10 bits per heavy atom. The van der Waals surface area contributed by atoms with Gasteiger partial charge in [0.1, 0.15) is 6.04 Å². The second kappa shape index (κ2) is 12.0. The summed E-state index contributed by atoms with van der Waals surface area (Å²) in [6.07, 6.45) is -1.19. The van der Waals surface area contributed by atoms with Gasteiger partial charge in [-0.2, -0.15) is 0 Å². The number of alkyl halides is 1. The quantitative estimate of drug-likeness (QED) is 0.139. The Kier molecular flexibility index (Phi) is 9.41. The van der Waals surface area contributed by atoms with Crippen LogP contribution in [0.15, 0.2) is 48.5 Å². The second-order valence-electron chi connectivity index (χ2n) is 6.74. The summed E-state index contributed by atoms with van der Waals surface area (Å²) < 4.78 is 0. The smallest absolute Gasteiger partial charge is 0.268 e. The van der Waals surface area contributed by atoms with Crippen molar-refractivity contribution in [2.24, 2.45) is 0 Å². The number of aliphatic hydroxyl groups excluding tert-OH is 1. The normalized spacial score (nSPS) is 12.5. The molecule has 3 amide bonds. The molecule has 2 atom stereocenters. The van der Waals surface area contributed by atoms with Crippen LogP contribution in [0, 0.1) is 0 Å². The van der Waals surface area contributed by atoms with Gasteiger partial charge in [-0.3, -0.25) is 19.6 Å². The van der Waals surface area contributed by atoms with Crippen LogP contribution in [0.5, 0.6) is 0 Å². The fraction of sp³-hybridized carbons (Fsp3) is 0.286. The molecule has 0 saturated heterocycles. The molecule has 0 saturated carbocycles. The van der Waals surface area contributed by atoms with Crippen LogP contribution in [0.1, 0.15) is 17.3 Å². The predicted molar refractivity (Wildman–Crippen MR) is 117 cm³/mol. The van der Waals surface area contributed by atoms with E-state index < -0.39 is 24.0 Å². The molecule has 0 unspecified atom stereocenters. The Labute approximate surface area is 184 Å². The lowest BCUT2D eigenvalue weighted by atomic mass is 10.0. The highest BCUT2D eigenvalue weighted by Gasteiger charge is 2.25.